The van der Waals surface area contributed by atoms with Gasteiger partial charge in [-0.15, -0.1) is 0 Å². The minimum Gasteiger partial charge on any atom is -0.497 e. The van der Waals surface area contributed by atoms with Gasteiger partial charge in [-0.25, -0.2) is 4.79 Å². The Bertz CT molecular complexity index is 1030. The molecule has 1 N–H and O–H groups in total. The van der Waals surface area contributed by atoms with Crippen LogP contribution in [-0.4, -0.2) is 30.1 Å². The van der Waals surface area contributed by atoms with Crippen molar-refractivity contribution in [3.05, 3.63) is 71.4 Å². The number of rotatable bonds is 6. The quantitative estimate of drug-likeness (QED) is 0.642. The van der Waals surface area contributed by atoms with Crippen LogP contribution in [0.4, 0.5) is 0 Å². The molecule has 0 fully saturated rings. The molecular weight excluding hydrogens is 368 g/mol. The lowest BCUT2D eigenvalue weighted by molar-refractivity contribution is -0.129. The summed E-state index contributed by atoms with van der Waals surface area (Å²) in [7, 11) is 1.58. The van der Waals surface area contributed by atoms with Gasteiger partial charge < -0.3 is 14.8 Å². The van der Waals surface area contributed by atoms with Crippen LogP contribution in [0.25, 0.3) is 10.9 Å². The first kappa shape index (κ1) is 20.3. The van der Waals surface area contributed by atoms with Gasteiger partial charge in [0.05, 0.1) is 29.9 Å². The normalized spacial score (nSPS) is 12.8. The van der Waals surface area contributed by atoms with E-state index < -0.39 is 12.1 Å². The van der Waals surface area contributed by atoms with E-state index in [1.54, 1.807) is 33.1 Å². The first-order valence-corrected chi connectivity index (χ1v) is 9.40. The van der Waals surface area contributed by atoms with Crippen molar-refractivity contribution in [1.82, 2.24) is 10.3 Å². The van der Waals surface area contributed by atoms with Crippen molar-refractivity contribution in [2.24, 2.45) is 0 Å². The molecule has 0 aliphatic carbocycles. The SMILES string of the molecule is COc1ccc2nc(C)c(C(=O)OC(C)C(=O)NC(C)c3ccccc3)cc2c1. The van der Waals surface area contributed by atoms with Crippen LogP contribution < -0.4 is 10.1 Å². The highest BCUT2D eigenvalue weighted by atomic mass is 16.5. The van der Waals surface area contributed by atoms with Gasteiger partial charge in [-0.1, -0.05) is 30.3 Å². The van der Waals surface area contributed by atoms with Crippen LogP contribution in [0.2, 0.25) is 0 Å². The molecule has 2 unspecified atom stereocenters. The summed E-state index contributed by atoms with van der Waals surface area (Å²) in [5.41, 5.74) is 2.59. The summed E-state index contributed by atoms with van der Waals surface area (Å²) in [4.78, 5) is 29.6. The van der Waals surface area contributed by atoms with Crippen molar-refractivity contribution in [2.75, 3.05) is 7.11 Å². The molecule has 1 heterocycles. The van der Waals surface area contributed by atoms with Gasteiger partial charge in [-0.3, -0.25) is 9.78 Å². The molecule has 0 aliphatic rings. The number of fused-ring (bicyclic) bond motifs is 1. The molecule has 150 valence electrons. The van der Waals surface area contributed by atoms with Crippen molar-refractivity contribution in [2.45, 2.75) is 32.9 Å². The third-order valence-corrected chi connectivity index (χ3v) is 4.74. The van der Waals surface area contributed by atoms with Crippen molar-refractivity contribution >= 4 is 22.8 Å². The summed E-state index contributed by atoms with van der Waals surface area (Å²) in [5.74, 6) is -0.275. The zero-order valence-electron chi connectivity index (χ0n) is 16.9. The molecule has 0 spiro atoms. The summed E-state index contributed by atoms with van der Waals surface area (Å²) in [6.45, 7) is 5.17. The number of nitrogens with one attached hydrogen (secondary N) is 1. The Labute approximate surface area is 169 Å². The van der Waals surface area contributed by atoms with Crippen LogP contribution in [-0.2, 0) is 9.53 Å². The minimum absolute atomic E-state index is 0.193. The van der Waals surface area contributed by atoms with E-state index in [4.69, 9.17) is 9.47 Å². The summed E-state index contributed by atoms with van der Waals surface area (Å²) < 4.78 is 10.6. The van der Waals surface area contributed by atoms with Crippen LogP contribution in [0.15, 0.2) is 54.6 Å². The topological polar surface area (TPSA) is 77.5 Å². The highest BCUT2D eigenvalue weighted by Crippen LogP contribution is 2.22. The lowest BCUT2D eigenvalue weighted by Crippen LogP contribution is -2.37. The maximum atomic E-state index is 12.7. The predicted octanol–water partition coefficient (Wildman–Crippen LogP) is 3.97. The third kappa shape index (κ3) is 4.71. The molecule has 2 aromatic carbocycles. The Kier molecular flexibility index (Phi) is 6.12. The van der Waals surface area contributed by atoms with Crippen LogP contribution in [0.3, 0.4) is 0 Å². The smallest absolute Gasteiger partial charge is 0.340 e. The number of benzene rings is 2. The zero-order chi connectivity index (χ0) is 21.0. The van der Waals surface area contributed by atoms with Crippen molar-refractivity contribution < 1.29 is 19.1 Å². The molecule has 0 saturated carbocycles. The number of aryl methyl sites for hydroxylation is 1. The lowest BCUT2D eigenvalue weighted by Gasteiger charge is -2.18. The summed E-state index contributed by atoms with van der Waals surface area (Å²) >= 11 is 0. The first-order valence-electron chi connectivity index (χ1n) is 9.40. The number of pyridine rings is 1. The van der Waals surface area contributed by atoms with Crippen LogP contribution in [0, 0.1) is 6.92 Å². The van der Waals surface area contributed by atoms with E-state index in [0.717, 1.165) is 16.5 Å². The fourth-order valence-corrected chi connectivity index (χ4v) is 3.02. The highest BCUT2D eigenvalue weighted by Gasteiger charge is 2.22. The van der Waals surface area contributed by atoms with Gasteiger partial charge in [0.1, 0.15) is 5.75 Å². The van der Waals surface area contributed by atoms with Crippen LogP contribution in [0.5, 0.6) is 5.75 Å². The maximum absolute atomic E-state index is 12.7. The molecule has 29 heavy (non-hydrogen) atoms. The molecule has 0 bridgehead atoms. The standard InChI is InChI=1S/C23H24N2O4/c1-14(17-8-6-5-7-9-17)25-22(26)16(3)29-23(27)20-13-18-12-19(28-4)10-11-21(18)24-15(20)2/h5-14,16H,1-4H3,(H,25,26). The Morgan fingerprint density at radius 1 is 1.03 bits per heavy atom. The van der Waals surface area contributed by atoms with Gasteiger partial charge in [0, 0.05) is 5.39 Å². The van der Waals surface area contributed by atoms with Crippen LogP contribution >= 0.6 is 0 Å². The fourth-order valence-electron chi connectivity index (χ4n) is 3.02. The Balaban J connectivity index is 1.71. The highest BCUT2D eigenvalue weighted by molar-refractivity contribution is 5.96. The number of aromatic nitrogens is 1. The van der Waals surface area contributed by atoms with Gasteiger partial charge in [-0.05, 0) is 50.6 Å². The van der Waals surface area contributed by atoms with Gasteiger partial charge in [-0.2, -0.15) is 0 Å². The fraction of sp³-hybridized carbons (Fsp3) is 0.261. The molecule has 1 aromatic heterocycles. The van der Waals surface area contributed by atoms with E-state index in [-0.39, 0.29) is 11.9 Å². The summed E-state index contributed by atoms with van der Waals surface area (Å²) in [5, 5.41) is 3.62. The largest absolute Gasteiger partial charge is 0.497 e. The van der Waals surface area contributed by atoms with Crippen molar-refractivity contribution in [1.29, 1.82) is 0 Å². The molecule has 0 saturated heterocycles. The van der Waals surface area contributed by atoms with Crippen molar-refractivity contribution in [3.8, 4) is 5.75 Å². The molecule has 1 amide bonds. The predicted molar refractivity (Wildman–Crippen MR) is 111 cm³/mol. The molecule has 3 rings (SSSR count). The number of ether oxygens (including phenoxy) is 2. The first-order chi connectivity index (χ1) is 13.9. The Morgan fingerprint density at radius 2 is 1.76 bits per heavy atom. The number of hydrogen-bond donors (Lipinski definition) is 1. The molecule has 6 nitrogen and oxygen atoms in total. The number of carbonyl (C=O) groups excluding carboxylic acids is 2. The average molecular weight is 392 g/mol. The zero-order valence-corrected chi connectivity index (χ0v) is 16.9. The van der Waals surface area contributed by atoms with E-state index in [1.807, 2.05) is 49.4 Å². The third-order valence-electron chi connectivity index (χ3n) is 4.74. The second-order valence-electron chi connectivity index (χ2n) is 6.87. The number of methoxy groups -OCH3 is 1. The Morgan fingerprint density at radius 3 is 2.45 bits per heavy atom. The molecular formula is C23H24N2O4. The van der Waals surface area contributed by atoms with E-state index >= 15 is 0 Å². The van der Waals surface area contributed by atoms with Crippen LogP contribution in [0.1, 0.15) is 41.5 Å². The number of hydrogen-bond acceptors (Lipinski definition) is 5. The Hall–Kier alpha value is -3.41. The van der Waals surface area contributed by atoms with E-state index in [0.29, 0.717) is 17.0 Å². The number of nitrogens with zero attached hydrogens (tertiary/aromatic N) is 1. The second-order valence-corrected chi connectivity index (χ2v) is 6.87. The number of esters is 1. The lowest BCUT2D eigenvalue weighted by atomic mass is 10.1. The maximum Gasteiger partial charge on any atom is 0.340 e. The van der Waals surface area contributed by atoms with Gasteiger partial charge in [0.15, 0.2) is 6.10 Å². The molecule has 3 aromatic rings. The van der Waals surface area contributed by atoms with Gasteiger partial charge >= 0.3 is 5.97 Å². The molecule has 0 radical (unpaired) electrons. The average Bonchev–Trinajstić information content (AvgIpc) is 2.73. The number of carbonyl (C=O) groups is 2. The van der Waals surface area contributed by atoms with Gasteiger partial charge in [0.25, 0.3) is 5.91 Å². The van der Waals surface area contributed by atoms with E-state index in [2.05, 4.69) is 10.3 Å². The molecule has 2 atom stereocenters. The molecule has 0 aliphatic heterocycles. The second kappa shape index (κ2) is 8.73. The monoisotopic (exact) mass is 392 g/mol. The summed E-state index contributed by atoms with van der Waals surface area (Å²) in [6.07, 6.45) is -0.936. The van der Waals surface area contributed by atoms with E-state index in [1.165, 1.54) is 0 Å². The van der Waals surface area contributed by atoms with Gasteiger partial charge in [0.2, 0.25) is 0 Å². The number of amides is 1. The summed E-state index contributed by atoms with van der Waals surface area (Å²) in [6, 6.07) is 16.6. The van der Waals surface area contributed by atoms with E-state index in [9.17, 15) is 9.59 Å². The molecule has 6 heteroatoms. The minimum atomic E-state index is -0.936. The van der Waals surface area contributed by atoms with Crippen molar-refractivity contribution in [3.63, 3.8) is 0 Å².